The zero-order valence-electron chi connectivity index (χ0n) is 22.5. The average molecular weight is 577 g/mol. The van der Waals surface area contributed by atoms with Gasteiger partial charge in [0, 0.05) is 36.9 Å². The Morgan fingerprint density at radius 2 is 2.00 bits per heavy atom. The molecule has 1 aliphatic carbocycles. The van der Waals surface area contributed by atoms with Gasteiger partial charge in [-0.25, -0.2) is 4.68 Å². The maximum absolute atomic E-state index is 6.82. The van der Waals surface area contributed by atoms with Crippen LogP contribution in [0.5, 0.6) is 0 Å². The third-order valence-electron chi connectivity index (χ3n) is 7.75. The van der Waals surface area contributed by atoms with E-state index in [0.29, 0.717) is 12.6 Å². The molecule has 10 heteroatoms. The van der Waals surface area contributed by atoms with E-state index in [4.69, 9.17) is 38.0 Å². The topological polar surface area (TPSA) is 59.3 Å². The van der Waals surface area contributed by atoms with Gasteiger partial charge < -0.3 is 14.5 Å². The first-order valence-corrected chi connectivity index (χ1v) is 16.6. The van der Waals surface area contributed by atoms with E-state index < -0.39 is 0 Å². The molecule has 204 valence electrons. The molecular formula is C28H38Cl2N6OP+. The SMILES string of the molecule is C=[P+](C)CCC1CCC(n2ncc3c(N(CCC)Cc4ccc(N5CCOCC5)cc4Cl)nc(Cl)nc32)C1. The van der Waals surface area contributed by atoms with Gasteiger partial charge in [0.15, 0.2) is 5.65 Å². The van der Waals surface area contributed by atoms with Gasteiger partial charge in [0.05, 0.1) is 51.3 Å². The van der Waals surface area contributed by atoms with E-state index in [0.717, 1.165) is 91.2 Å². The normalized spacial score (nSPS) is 20.3. The Kier molecular flexibility index (Phi) is 9.10. The van der Waals surface area contributed by atoms with Crippen LogP contribution in [0.15, 0.2) is 24.4 Å². The first-order chi connectivity index (χ1) is 18.4. The maximum Gasteiger partial charge on any atom is 0.226 e. The Bertz CT molecular complexity index is 1280. The van der Waals surface area contributed by atoms with E-state index in [-0.39, 0.29) is 12.8 Å². The van der Waals surface area contributed by atoms with Crippen LogP contribution in [0.25, 0.3) is 11.0 Å². The van der Waals surface area contributed by atoms with Gasteiger partial charge in [-0.2, -0.15) is 15.1 Å². The number of aromatic nitrogens is 4. The highest BCUT2D eigenvalue weighted by Crippen LogP contribution is 2.40. The lowest BCUT2D eigenvalue weighted by Crippen LogP contribution is -2.36. The van der Waals surface area contributed by atoms with Gasteiger partial charge in [0.1, 0.15) is 12.0 Å². The lowest BCUT2D eigenvalue weighted by Gasteiger charge is -2.29. The lowest BCUT2D eigenvalue weighted by molar-refractivity contribution is 0.122. The number of nitrogens with zero attached hydrogens (tertiary/aromatic N) is 6. The molecule has 5 rings (SSSR count). The predicted octanol–water partition coefficient (Wildman–Crippen LogP) is 6.66. The Balaban J connectivity index is 1.39. The van der Waals surface area contributed by atoms with Gasteiger partial charge in [-0.05, 0) is 67.3 Å². The summed E-state index contributed by atoms with van der Waals surface area (Å²) < 4.78 is 7.59. The molecule has 3 aromatic rings. The maximum atomic E-state index is 6.82. The molecule has 2 aromatic heterocycles. The van der Waals surface area contributed by atoms with Crippen molar-refractivity contribution in [3.63, 3.8) is 0 Å². The lowest BCUT2D eigenvalue weighted by atomic mass is 10.1. The molecule has 2 aliphatic rings. The van der Waals surface area contributed by atoms with Gasteiger partial charge in [0.2, 0.25) is 5.28 Å². The van der Waals surface area contributed by atoms with Crippen molar-refractivity contribution in [2.24, 2.45) is 5.92 Å². The first kappa shape index (κ1) is 27.6. The molecule has 2 fully saturated rings. The second-order valence-corrected chi connectivity index (χ2v) is 13.5. The summed E-state index contributed by atoms with van der Waals surface area (Å²) >= 11 is 13.3. The summed E-state index contributed by atoms with van der Waals surface area (Å²) in [6.07, 6.45) is 13.1. The molecule has 1 saturated heterocycles. The third-order valence-corrected chi connectivity index (χ3v) is 9.29. The summed E-state index contributed by atoms with van der Waals surface area (Å²) in [5.41, 5.74) is 3.03. The number of morpholine rings is 1. The molecule has 7 nitrogen and oxygen atoms in total. The molecule has 0 spiro atoms. The second-order valence-electron chi connectivity index (χ2n) is 10.6. The van der Waals surface area contributed by atoms with Crippen molar-refractivity contribution in [3.8, 4) is 0 Å². The smallest absolute Gasteiger partial charge is 0.226 e. The number of anilines is 2. The highest BCUT2D eigenvalue weighted by atomic mass is 35.5. The van der Waals surface area contributed by atoms with E-state index in [1.165, 1.54) is 19.0 Å². The molecule has 1 aliphatic heterocycles. The van der Waals surface area contributed by atoms with Crippen molar-refractivity contribution in [2.75, 3.05) is 55.5 Å². The summed E-state index contributed by atoms with van der Waals surface area (Å²) in [6, 6.07) is 6.71. The molecule has 3 heterocycles. The summed E-state index contributed by atoms with van der Waals surface area (Å²) in [5, 5.41) is 6.78. The minimum absolute atomic E-state index is 0.0860. The van der Waals surface area contributed by atoms with Crippen LogP contribution in [0.3, 0.4) is 0 Å². The van der Waals surface area contributed by atoms with Gasteiger partial charge >= 0.3 is 0 Å². The van der Waals surface area contributed by atoms with Crippen molar-refractivity contribution in [3.05, 3.63) is 40.3 Å². The van der Waals surface area contributed by atoms with Gasteiger partial charge in [-0.15, -0.1) is 0 Å². The Hall–Kier alpha value is -1.92. The van der Waals surface area contributed by atoms with Crippen LogP contribution >= 0.6 is 30.7 Å². The first-order valence-electron chi connectivity index (χ1n) is 13.7. The second kappa shape index (κ2) is 12.5. The molecular weight excluding hydrogens is 538 g/mol. The Labute approximate surface area is 236 Å². The molecule has 0 bridgehead atoms. The Morgan fingerprint density at radius 1 is 1.18 bits per heavy atom. The van der Waals surface area contributed by atoms with Crippen molar-refractivity contribution in [1.29, 1.82) is 0 Å². The van der Waals surface area contributed by atoms with E-state index in [9.17, 15) is 0 Å². The summed E-state index contributed by atoms with van der Waals surface area (Å²) in [4.78, 5) is 13.9. The van der Waals surface area contributed by atoms with Gasteiger partial charge in [-0.1, -0.05) is 24.6 Å². The molecule has 0 radical (unpaired) electrons. The summed E-state index contributed by atoms with van der Waals surface area (Å²) in [7, 11) is -0.0860. The van der Waals surface area contributed by atoms with Gasteiger partial charge in [0.25, 0.3) is 0 Å². The van der Waals surface area contributed by atoms with E-state index in [2.05, 4.69) is 57.6 Å². The van der Waals surface area contributed by atoms with Crippen LogP contribution < -0.4 is 9.80 Å². The minimum atomic E-state index is -0.0860. The zero-order valence-corrected chi connectivity index (χ0v) is 24.9. The predicted molar refractivity (Wildman–Crippen MR) is 162 cm³/mol. The standard InChI is InChI=1S/C28H38Cl2N6OP/c1-4-10-35(19-21-6-8-22(17-25(21)29)34-11-13-37-14-12-34)26-24-18-31-36(27(24)33-28(30)32-26)23-7-5-20(16-23)9-15-38(2)3/h6,8,17-18,20,23H,2,4-5,7,9-16,19H2,1,3H3/q+1. The summed E-state index contributed by atoms with van der Waals surface area (Å²) in [5.74, 6) is 1.56. The molecule has 1 aromatic carbocycles. The molecule has 0 amide bonds. The number of hydrogen-bond donors (Lipinski definition) is 0. The molecule has 1 saturated carbocycles. The molecule has 38 heavy (non-hydrogen) atoms. The molecule has 3 atom stereocenters. The monoisotopic (exact) mass is 575 g/mol. The number of rotatable bonds is 10. The number of halogens is 2. The minimum Gasteiger partial charge on any atom is -0.378 e. The van der Waals surface area contributed by atoms with Crippen LogP contribution in [-0.2, 0) is 11.3 Å². The largest absolute Gasteiger partial charge is 0.378 e. The summed E-state index contributed by atoms with van der Waals surface area (Å²) in [6.45, 7) is 9.17. The molecule has 0 N–H and O–H groups in total. The fourth-order valence-electron chi connectivity index (χ4n) is 5.75. The number of fused-ring (bicyclic) bond motifs is 1. The average Bonchev–Trinajstić information content (AvgIpc) is 3.55. The fourth-order valence-corrected chi connectivity index (χ4v) is 6.95. The highest BCUT2D eigenvalue weighted by molar-refractivity contribution is 7.54. The van der Waals surface area contributed by atoms with Crippen molar-refractivity contribution in [2.45, 2.75) is 51.6 Å². The number of hydrogen-bond acceptors (Lipinski definition) is 6. The zero-order chi connectivity index (χ0) is 26.6. The van der Waals surface area contributed by atoms with Crippen LogP contribution in [0, 0.1) is 5.92 Å². The fraction of sp³-hybridized carbons (Fsp3) is 0.571. The quantitative estimate of drug-likeness (QED) is 0.199. The third kappa shape index (κ3) is 6.28. The Morgan fingerprint density at radius 3 is 2.74 bits per heavy atom. The number of benzene rings is 1. The van der Waals surface area contributed by atoms with Crippen LogP contribution in [-0.4, -0.2) is 71.7 Å². The van der Waals surface area contributed by atoms with Crippen LogP contribution in [0.4, 0.5) is 11.5 Å². The van der Waals surface area contributed by atoms with Crippen molar-refractivity contribution in [1.82, 2.24) is 19.7 Å². The van der Waals surface area contributed by atoms with Crippen LogP contribution in [0.2, 0.25) is 10.3 Å². The number of ether oxygens (including phenoxy) is 1. The highest BCUT2D eigenvalue weighted by Gasteiger charge is 2.29. The van der Waals surface area contributed by atoms with E-state index in [1.54, 1.807) is 0 Å². The van der Waals surface area contributed by atoms with Gasteiger partial charge in [-0.3, -0.25) is 0 Å². The van der Waals surface area contributed by atoms with Crippen molar-refractivity contribution >= 4 is 59.6 Å². The van der Waals surface area contributed by atoms with Crippen molar-refractivity contribution < 1.29 is 4.74 Å². The molecule has 3 unspecified atom stereocenters. The van der Waals surface area contributed by atoms with Crippen LogP contribution in [0.1, 0.15) is 50.6 Å². The van der Waals surface area contributed by atoms with E-state index >= 15 is 0 Å². The van der Waals surface area contributed by atoms with E-state index in [1.807, 2.05) is 6.20 Å².